The van der Waals surface area contributed by atoms with E-state index in [1.807, 2.05) is 43.3 Å². The topological polar surface area (TPSA) is 62.2 Å². The van der Waals surface area contributed by atoms with Crippen LogP contribution in [0.1, 0.15) is 23.0 Å². The number of anilines is 1. The fraction of sp³-hybridized carbons (Fsp3) is 0.250. The number of pyridine rings is 1. The van der Waals surface area contributed by atoms with Gasteiger partial charge < -0.3 is 10.4 Å². The lowest BCUT2D eigenvalue weighted by Gasteiger charge is -2.12. The maximum Gasteiger partial charge on any atom is 0.338 e. The highest BCUT2D eigenvalue weighted by molar-refractivity contribution is 7.99. The molecule has 0 spiro atoms. The van der Waals surface area contributed by atoms with Gasteiger partial charge in [0.05, 0.1) is 5.56 Å². The van der Waals surface area contributed by atoms with Gasteiger partial charge in [-0.2, -0.15) is 0 Å². The van der Waals surface area contributed by atoms with E-state index in [2.05, 4.69) is 10.3 Å². The van der Waals surface area contributed by atoms with Crippen molar-refractivity contribution in [2.45, 2.75) is 18.2 Å². The van der Waals surface area contributed by atoms with Gasteiger partial charge >= 0.3 is 5.97 Å². The minimum absolute atomic E-state index is 0.352. The van der Waals surface area contributed by atoms with Crippen molar-refractivity contribution in [3.63, 3.8) is 0 Å². The minimum Gasteiger partial charge on any atom is -0.478 e. The second kappa shape index (κ2) is 7.69. The Bertz CT molecular complexity index is 602. The molecule has 2 aromatic rings. The molecule has 5 heteroatoms. The van der Waals surface area contributed by atoms with Crippen LogP contribution in [0, 0.1) is 0 Å². The number of rotatable bonds is 7. The van der Waals surface area contributed by atoms with E-state index in [9.17, 15) is 9.90 Å². The van der Waals surface area contributed by atoms with E-state index in [1.165, 1.54) is 0 Å². The van der Waals surface area contributed by atoms with Gasteiger partial charge in [0.2, 0.25) is 0 Å². The number of carboxylic acids is 1. The third-order valence-electron chi connectivity index (χ3n) is 2.96. The van der Waals surface area contributed by atoms with Crippen LogP contribution in [0.4, 0.5) is 5.69 Å². The summed E-state index contributed by atoms with van der Waals surface area (Å²) in [5.74, 6) is -0.0515. The molecule has 0 aliphatic carbocycles. The largest absolute Gasteiger partial charge is 0.478 e. The number of carboxylic acid groups (broad SMARTS) is 1. The first-order valence-corrected chi connectivity index (χ1v) is 7.83. The number of thioether (sulfide) groups is 1. The molecule has 0 saturated heterocycles. The molecule has 0 atom stereocenters. The first-order valence-electron chi connectivity index (χ1n) is 6.85. The molecule has 0 bridgehead atoms. The summed E-state index contributed by atoms with van der Waals surface area (Å²) in [5.41, 5.74) is 2.00. The molecule has 0 unspecified atom stereocenters. The molecule has 0 fully saturated rings. The first-order chi connectivity index (χ1) is 10.2. The number of aromatic nitrogens is 1. The number of benzene rings is 1. The fourth-order valence-corrected chi connectivity index (χ4v) is 2.87. The van der Waals surface area contributed by atoms with Crippen LogP contribution in [-0.4, -0.2) is 28.4 Å². The maximum atomic E-state index is 11.5. The van der Waals surface area contributed by atoms with Gasteiger partial charge in [0, 0.05) is 35.4 Å². The van der Waals surface area contributed by atoms with E-state index in [1.54, 1.807) is 18.0 Å². The number of hydrogen-bond acceptors (Lipinski definition) is 4. The molecule has 21 heavy (non-hydrogen) atoms. The number of hydrogen-bond donors (Lipinski definition) is 2. The van der Waals surface area contributed by atoms with Crippen molar-refractivity contribution < 1.29 is 9.90 Å². The zero-order valence-electron chi connectivity index (χ0n) is 11.9. The van der Waals surface area contributed by atoms with Crippen LogP contribution in [0.25, 0.3) is 0 Å². The van der Waals surface area contributed by atoms with E-state index < -0.39 is 5.97 Å². The molecule has 1 heterocycles. The van der Waals surface area contributed by atoms with Crippen LogP contribution >= 0.6 is 11.8 Å². The molecule has 4 nitrogen and oxygen atoms in total. The summed E-state index contributed by atoms with van der Waals surface area (Å²) in [6.07, 6.45) is 2.52. The SMILES string of the molecule is CCSc1cccc(NCCc2ccccn2)c1C(=O)O. The van der Waals surface area contributed by atoms with Crippen LogP contribution in [0.15, 0.2) is 47.5 Å². The van der Waals surface area contributed by atoms with Crippen molar-refractivity contribution in [3.8, 4) is 0 Å². The van der Waals surface area contributed by atoms with Crippen molar-refractivity contribution in [2.75, 3.05) is 17.6 Å². The Labute approximate surface area is 128 Å². The molecule has 1 aromatic heterocycles. The molecule has 110 valence electrons. The fourth-order valence-electron chi connectivity index (χ4n) is 2.05. The lowest BCUT2D eigenvalue weighted by Crippen LogP contribution is -2.11. The average molecular weight is 302 g/mol. The Kier molecular flexibility index (Phi) is 5.63. The van der Waals surface area contributed by atoms with E-state index in [0.717, 1.165) is 22.8 Å². The van der Waals surface area contributed by atoms with Crippen LogP contribution in [0.3, 0.4) is 0 Å². The van der Waals surface area contributed by atoms with Gasteiger partial charge in [-0.15, -0.1) is 11.8 Å². The van der Waals surface area contributed by atoms with Gasteiger partial charge in [0.25, 0.3) is 0 Å². The molecular weight excluding hydrogens is 284 g/mol. The Hall–Kier alpha value is -2.01. The second-order valence-corrected chi connectivity index (χ2v) is 5.72. The van der Waals surface area contributed by atoms with Gasteiger partial charge in [-0.25, -0.2) is 4.79 Å². The Morgan fingerprint density at radius 2 is 2.14 bits per heavy atom. The summed E-state index contributed by atoms with van der Waals surface area (Å²) in [4.78, 5) is 16.5. The van der Waals surface area contributed by atoms with Crippen molar-refractivity contribution in [1.82, 2.24) is 4.98 Å². The molecule has 0 aliphatic rings. The third kappa shape index (κ3) is 4.23. The van der Waals surface area contributed by atoms with Crippen molar-refractivity contribution in [1.29, 1.82) is 0 Å². The summed E-state index contributed by atoms with van der Waals surface area (Å²) in [5, 5.41) is 12.6. The molecule has 0 radical (unpaired) electrons. The van der Waals surface area contributed by atoms with E-state index in [-0.39, 0.29) is 0 Å². The summed E-state index contributed by atoms with van der Waals surface area (Å²) < 4.78 is 0. The summed E-state index contributed by atoms with van der Waals surface area (Å²) in [6, 6.07) is 11.3. The quantitative estimate of drug-likeness (QED) is 0.766. The van der Waals surface area contributed by atoms with E-state index in [0.29, 0.717) is 17.8 Å². The number of nitrogens with zero attached hydrogens (tertiary/aromatic N) is 1. The summed E-state index contributed by atoms with van der Waals surface area (Å²) >= 11 is 1.54. The molecule has 0 amide bonds. The number of carbonyl (C=O) groups is 1. The predicted octanol–water partition coefficient (Wildman–Crippen LogP) is 3.55. The van der Waals surface area contributed by atoms with Gasteiger partial charge in [-0.05, 0) is 30.0 Å². The predicted molar refractivity (Wildman–Crippen MR) is 86.2 cm³/mol. The Morgan fingerprint density at radius 1 is 1.29 bits per heavy atom. The number of aromatic carboxylic acids is 1. The van der Waals surface area contributed by atoms with Crippen molar-refractivity contribution in [3.05, 3.63) is 53.9 Å². The highest BCUT2D eigenvalue weighted by Gasteiger charge is 2.15. The lowest BCUT2D eigenvalue weighted by molar-refractivity contribution is 0.0694. The smallest absolute Gasteiger partial charge is 0.338 e. The van der Waals surface area contributed by atoms with E-state index in [4.69, 9.17) is 0 Å². The third-order valence-corrected chi connectivity index (χ3v) is 3.90. The van der Waals surface area contributed by atoms with E-state index >= 15 is 0 Å². The molecule has 0 aliphatic heterocycles. The standard InChI is InChI=1S/C16H18N2O2S/c1-2-21-14-8-5-7-13(15(14)16(19)20)18-11-9-12-6-3-4-10-17-12/h3-8,10,18H,2,9,11H2,1H3,(H,19,20). The molecule has 0 saturated carbocycles. The van der Waals surface area contributed by atoms with Gasteiger partial charge in [0.15, 0.2) is 0 Å². The highest BCUT2D eigenvalue weighted by Crippen LogP contribution is 2.28. The maximum absolute atomic E-state index is 11.5. The Balaban J connectivity index is 2.08. The summed E-state index contributed by atoms with van der Waals surface area (Å²) in [6.45, 7) is 2.66. The zero-order valence-corrected chi connectivity index (χ0v) is 12.7. The number of nitrogens with one attached hydrogen (secondary N) is 1. The molecule has 2 N–H and O–H groups in total. The van der Waals surface area contributed by atoms with Gasteiger partial charge in [0.1, 0.15) is 0 Å². The summed E-state index contributed by atoms with van der Waals surface area (Å²) in [7, 11) is 0. The average Bonchev–Trinajstić information content (AvgIpc) is 2.48. The van der Waals surface area contributed by atoms with Crippen molar-refractivity contribution in [2.24, 2.45) is 0 Å². The zero-order chi connectivity index (χ0) is 15.1. The van der Waals surface area contributed by atoms with Gasteiger partial charge in [-0.1, -0.05) is 19.1 Å². The van der Waals surface area contributed by atoms with Crippen LogP contribution in [0.2, 0.25) is 0 Å². The molecule has 2 rings (SSSR count). The highest BCUT2D eigenvalue weighted by atomic mass is 32.2. The van der Waals surface area contributed by atoms with Gasteiger partial charge in [-0.3, -0.25) is 4.98 Å². The molecule has 1 aromatic carbocycles. The lowest BCUT2D eigenvalue weighted by atomic mass is 10.1. The van der Waals surface area contributed by atoms with Crippen LogP contribution < -0.4 is 5.32 Å². The second-order valence-electron chi connectivity index (χ2n) is 4.41. The Morgan fingerprint density at radius 3 is 2.81 bits per heavy atom. The first kappa shape index (κ1) is 15.4. The monoisotopic (exact) mass is 302 g/mol. The van der Waals surface area contributed by atoms with Crippen molar-refractivity contribution >= 4 is 23.4 Å². The van der Waals surface area contributed by atoms with Crippen LogP contribution in [0.5, 0.6) is 0 Å². The van der Waals surface area contributed by atoms with Crippen LogP contribution in [-0.2, 0) is 6.42 Å². The molecular formula is C16H18N2O2S. The minimum atomic E-state index is -0.896. The normalized spacial score (nSPS) is 10.3.